The third-order valence-corrected chi connectivity index (χ3v) is 16.0. The molecule has 0 N–H and O–H groups in total. The molecule has 3 saturated carbocycles. The van der Waals surface area contributed by atoms with Crippen LogP contribution in [0.1, 0.15) is 117 Å². The summed E-state index contributed by atoms with van der Waals surface area (Å²) in [6.07, 6.45) is 28.1. The van der Waals surface area contributed by atoms with Crippen molar-refractivity contribution >= 4 is 12.4 Å². The van der Waals surface area contributed by atoms with Crippen molar-refractivity contribution in [3.8, 4) is 0 Å². The number of hydrogen-bond donors (Lipinski definition) is 0. The van der Waals surface area contributed by atoms with Crippen molar-refractivity contribution < 1.29 is 25.8 Å². The summed E-state index contributed by atoms with van der Waals surface area (Å²) >= 11 is 0. The number of benzene rings is 1. The monoisotopic (exact) mass is 793 g/mol. The predicted molar refractivity (Wildman–Crippen MR) is 199 cm³/mol. The van der Waals surface area contributed by atoms with Crippen LogP contribution in [0.5, 0.6) is 0 Å². The molecule has 0 aromatic heterocycles. The molecule has 0 saturated heterocycles. The number of nitrogens with zero attached hydrogens (tertiary/aromatic N) is 1. The molecule has 1 aromatic rings. The third-order valence-electron chi connectivity index (χ3n) is 11.6. The predicted octanol–water partition coefficient (Wildman–Crippen LogP) is 12.7. The molecule has 5 aliphatic carbocycles. The SMILES string of the molecule is CC(C)(C)C1=CC2C(C=C1)C1C=CC(C(C)(C)C)=CC1C2c1ccccc1P(=[N-])(C1CCCCC1)C1CCCCC1.[CH3-].[CH3-].[CH3-].[Hf+4]. The first-order valence-corrected chi connectivity index (χ1v) is 18.9. The third kappa shape index (κ3) is 7.64. The normalized spacial score (nSPS) is 28.6. The second-order valence-electron chi connectivity index (χ2n) is 16.2. The molecule has 0 spiro atoms. The van der Waals surface area contributed by atoms with Crippen molar-refractivity contribution in [1.82, 2.24) is 0 Å². The fourth-order valence-electron chi connectivity index (χ4n) is 9.30. The van der Waals surface area contributed by atoms with E-state index in [0.29, 0.717) is 40.9 Å². The molecule has 6 rings (SSSR count). The molecule has 0 heterocycles. The van der Waals surface area contributed by atoms with Crippen molar-refractivity contribution in [2.24, 2.45) is 34.5 Å². The van der Waals surface area contributed by atoms with Gasteiger partial charge in [-0.25, -0.2) is 0 Å². The van der Waals surface area contributed by atoms with Crippen molar-refractivity contribution in [3.05, 3.63) is 105 Å². The first-order valence-electron chi connectivity index (χ1n) is 17.0. The van der Waals surface area contributed by atoms with Gasteiger partial charge in [-0.15, -0.1) is 0 Å². The number of rotatable bonds is 4. The minimum Gasteiger partial charge on any atom is -0.804 e. The van der Waals surface area contributed by atoms with Gasteiger partial charge in [0.05, 0.1) is 0 Å². The maximum Gasteiger partial charge on any atom is 4.00 e. The quantitative estimate of drug-likeness (QED) is 0.165. The summed E-state index contributed by atoms with van der Waals surface area (Å²) in [5, 5.41) is 14.8. The Hall–Kier alpha value is -0.720. The van der Waals surface area contributed by atoms with Gasteiger partial charge < -0.3 is 27.4 Å². The summed E-state index contributed by atoms with van der Waals surface area (Å²) in [5.74, 6) is 2.39. The summed E-state index contributed by atoms with van der Waals surface area (Å²) in [6.45, 7) is 14.2. The Bertz CT molecular complexity index is 1210. The molecule has 5 aliphatic rings. The van der Waals surface area contributed by atoms with Gasteiger partial charge in [-0.3, -0.25) is 0 Å². The topological polar surface area (TPSA) is 22.3 Å². The summed E-state index contributed by atoms with van der Waals surface area (Å²) in [4.78, 5) is 0. The molecule has 45 heavy (non-hydrogen) atoms. The molecule has 3 heteroatoms. The Kier molecular flexibility index (Phi) is 14.1. The van der Waals surface area contributed by atoms with Gasteiger partial charge in [-0.2, -0.15) is 7.05 Å². The molecule has 0 amide bonds. The van der Waals surface area contributed by atoms with Gasteiger partial charge in [0.2, 0.25) is 0 Å². The van der Waals surface area contributed by atoms with Gasteiger partial charge in [0.1, 0.15) is 0 Å². The first-order chi connectivity index (χ1) is 19.5. The molecule has 0 bridgehead atoms. The van der Waals surface area contributed by atoms with Gasteiger partial charge in [0.25, 0.3) is 0 Å². The molecular formula is C42H64HfNP. The van der Waals surface area contributed by atoms with Crippen molar-refractivity contribution in [3.63, 3.8) is 0 Å². The van der Waals surface area contributed by atoms with E-state index in [-0.39, 0.29) is 59.0 Å². The zero-order chi connectivity index (χ0) is 29.0. The van der Waals surface area contributed by atoms with Crippen LogP contribution in [0.4, 0.5) is 0 Å². The molecular weight excluding hydrogens is 728 g/mol. The van der Waals surface area contributed by atoms with Crippen LogP contribution in [-0.4, -0.2) is 11.3 Å². The summed E-state index contributed by atoms with van der Waals surface area (Å²) in [7, 11) is -2.33. The molecule has 246 valence electrons. The van der Waals surface area contributed by atoms with E-state index < -0.39 is 7.05 Å². The average Bonchev–Trinajstić information content (AvgIpc) is 3.30. The Morgan fingerprint density at radius 1 is 0.600 bits per heavy atom. The van der Waals surface area contributed by atoms with E-state index in [4.69, 9.17) is 0 Å². The summed E-state index contributed by atoms with van der Waals surface area (Å²) in [6, 6.07) is 9.41. The summed E-state index contributed by atoms with van der Waals surface area (Å²) < 4.78 is 0. The fraction of sp³-hybridized carbons (Fsp3) is 0.595. The van der Waals surface area contributed by atoms with E-state index in [2.05, 4.69) is 102 Å². The van der Waals surface area contributed by atoms with Crippen LogP contribution >= 0.6 is 7.05 Å². The molecule has 3 fully saturated rings. The molecule has 4 atom stereocenters. The Labute approximate surface area is 298 Å². The molecule has 0 radical (unpaired) electrons. The Morgan fingerprint density at radius 3 is 1.40 bits per heavy atom. The second kappa shape index (κ2) is 15.7. The molecule has 1 aromatic carbocycles. The van der Waals surface area contributed by atoms with Crippen LogP contribution in [0.2, 0.25) is 0 Å². The largest absolute Gasteiger partial charge is 4.00 e. The number of fused-ring (bicyclic) bond motifs is 3. The van der Waals surface area contributed by atoms with E-state index >= 15 is 0 Å². The minimum absolute atomic E-state index is 0. The average molecular weight is 792 g/mol. The fourth-order valence-corrected chi connectivity index (χ4v) is 13.9. The zero-order valence-electron chi connectivity index (χ0n) is 30.3. The van der Waals surface area contributed by atoms with Gasteiger partial charge in [-0.1, -0.05) is 141 Å². The van der Waals surface area contributed by atoms with Crippen LogP contribution in [0, 0.1) is 56.8 Å². The molecule has 1 nitrogen and oxygen atoms in total. The van der Waals surface area contributed by atoms with E-state index in [9.17, 15) is 5.16 Å². The standard InChI is InChI=1S/C39H55NP.3CH3.Hf/c1-38(2,3)27-21-23-31-32-24-22-28(39(4,5)6)26-35(32)37(34(31)25-27)33-19-13-14-20-36(33)41(40,29-15-9-7-10-16-29)30-17-11-8-12-18-30;;;;/h13-14,19-26,29-32,34-35,37H,7-12,15-18H2,1-6H3;3*1H3;/q4*-1;+4. The van der Waals surface area contributed by atoms with Crippen LogP contribution in [-0.2, 0) is 25.8 Å². The van der Waals surface area contributed by atoms with Gasteiger partial charge >= 0.3 is 25.8 Å². The second-order valence-corrected chi connectivity index (χ2v) is 19.6. The first kappa shape index (κ1) is 40.5. The Balaban J connectivity index is 0.00000176. The van der Waals surface area contributed by atoms with Crippen LogP contribution in [0.15, 0.2) is 71.9 Å². The van der Waals surface area contributed by atoms with Crippen LogP contribution in [0.25, 0.3) is 5.16 Å². The maximum absolute atomic E-state index is 13.4. The van der Waals surface area contributed by atoms with E-state index in [1.165, 1.54) is 86.2 Å². The van der Waals surface area contributed by atoms with Crippen LogP contribution < -0.4 is 5.30 Å². The Morgan fingerprint density at radius 2 is 1.00 bits per heavy atom. The van der Waals surface area contributed by atoms with Crippen molar-refractivity contribution in [1.29, 1.82) is 0 Å². The molecule has 0 aliphatic heterocycles. The van der Waals surface area contributed by atoms with Gasteiger partial charge in [0.15, 0.2) is 0 Å². The van der Waals surface area contributed by atoms with E-state index in [1.54, 1.807) is 0 Å². The zero-order valence-corrected chi connectivity index (χ0v) is 34.8. The van der Waals surface area contributed by atoms with E-state index in [0.717, 1.165) is 0 Å². The maximum atomic E-state index is 13.4. The number of hydrogen-bond acceptors (Lipinski definition) is 0. The van der Waals surface area contributed by atoms with Crippen molar-refractivity contribution in [2.45, 2.75) is 123 Å². The van der Waals surface area contributed by atoms with Crippen LogP contribution in [0.3, 0.4) is 0 Å². The van der Waals surface area contributed by atoms with Gasteiger partial charge in [-0.05, 0) is 99.4 Å². The number of allylic oxidation sites excluding steroid dienone is 8. The summed E-state index contributed by atoms with van der Waals surface area (Å²) in [5.41, 5.74) is 5.72. The molecule has 4 unspecified atom stereocenters. The van der Waals surface area contributed by atoms with Crippen molar-refractivity contribution in [2.75, 3.05) is 0 Å². The smallest absolute Gasteiger partial charge is 0.804 e. The van der Waals surface area contributed by atoms with Gasteiger partial charge in [0, 0.05) is 0 Å². The minimum atomic E-state index is -2.33. The van der Waals surface area contributed by atoms with E-state index in [1.807, 2.05) is 0 Å².